The van der Waals surface area contributed by atoms with E-state index in [1.165, 1.54) is 0 Å². The molecule has 1 amide bonds. The molecule has 0 spiro atoms. The Morgan fingerprint density at radius 3 is 2.74 bits per heavy atom. The van der Waals surface area contributed by atoms with Crippen molar-refractivity contribution in [3.63, 3.8) is 0 Å². The maximum absolute atomic E-state index is 11.7. The second kappa shape index (κ2) is 6.47. The van der Waals surface area contributed by atoms with Crippen LogP contribution in [0, 0.1) is 10.1 Å². The van der Waals surface area contributed by atoms with Gasteiger partial charge in [0.1, 0.15) is 5.69 Å². The molecule has 0 atom stereocenters. The Hall–Kier alpha value is -2.45. The quantitative estimate of drug-likeness (QED) is 0.486. The first kappa shape index (κ1) is 14.6. The van der Waals surface area contributed by atoms with Crippen molar-refractivity contribution in [3.8, 4) is 0 Å². The third-order valence-corrected chi connectivity index (χ3v) is 2.33. The summed E-state index contributed by atoms with van der Waals surface area (Å²) in [4.78, 5) is 32.2. The molecule has 1 rings (SSSR count). The van der Waals surface area contributed by atoms with Crippen LogP contribution in [0.3, 0.4) is 0 Å². The lowest BCUT2D eigenvalue weighted by Crippen LogP contribution is -2.27. The molecule has 0 aliphatic rings. The van der Waals surface area contributed by atoms with Crippen molar-refractivity contribution in [2.75, 3.05) is 6.54 Å². The number of aryl methyl sites for hydroxylation is 1. The molecule has 0 aliphatic heterocycles. The van der Waals surface area contributed by atoms with Gasteiger partial charge in [0.15, 0.2) is 0 Å². The van der Waals surface area contributed by atoms with Gasteiger partial charge in [0.2, 0.25) is 5.69 Å². The summed E-state index contributed by atoms with van der Waals surface area (Å²) in [5.41, 5.74) is -0.385. The minimum atomic E-state index is -1.07. The fourth-order valence-electron chi connectivity index (χ4n) is 1.52. The van der Waals surface area contributed by atoms with Crippen LogP contribution in [0.2, 0.25) is 0 Å². The van der Waals surface area contributed by atoms with E-state index in [4.69, 9.17) is 5.11 Å². The van der Waals surface area contributed by atoms with Crippen LogP contribution in [0.4, 0.5) is 5.69 Å². The molecule has 0 saturated carbocycles. The summed E-state index contributed by atoms with van der Waals surface area (Å²) >= 11 is 0. The number of nitrogens with zero attached hydrogens (tertiary/aromatic N) is 2. The van der Waals surface area contributed by atoms with Crippen LogP contribution in [-0.2, 0) is 11.2 Å². The standard InChI is InChI=1S/C10H14N4O5/c1-2-3-6-9(14(18)19)8(13-12-6)10(17)11-5-4-7(15)16/h2-5H2,1H3,(H,11,17)(H,12,13)(H,15,16). The van der Waals surface area contributed by atoms with Gasteiger partial charge < -0.3 is 10.4 Å². The maximum Gasteiger partial charge on any atom is 0.322 e. The number of carbonyl (C=O) groups is 2. The van der Waals surface area contributed by atoms with Gasteiger partial charge in [0.25, 0.3) is 5.91 Å². The van der Waals surface area contributed by atoms with Crippen molar-refractivity contribution in [1.29, 1.82) is 0 Å². The number of aliphatic carboxylic acids is 1. The fraction of sp³-hybridized carbons (Fsp3) is 0.500. The van der Waals surface area contributed by atoms with Gasteiger partial charge in [-0.2, -0.15) is 5.10 Å². The predicted molar refractivity (Wildman–Crippen MR) is 63.8 cm³/mol. The number of nitrogens with one attached hydrogen (secondary N) is 2. The first-order chi connectivity index (χ1) is 8.97. The van der Waals surface area contributed by atoms with Crippen LogP contribution >= 0.6 is 0 Å². The number of nitro groups is 1. The van der Waals surface area contributed by atoms with Crippen LogP contribution in [0.25, 0.3) is 0 Å². The van der Waals surface area contributed by atoms with Gasteiger partial charge in [-0.05, 0) is 6.42 Å². The minimum Gasteiger partial charge on any atom is -0.481 e. The van der Waals surface area contributed by atoms with Crippen LogP contribution in [0.1, 0.15) is 35.9 Å². The molecule has 1 heterocycles. The summed E-state index contributed by atoms with van der Waals surface area (Å²) in [5.74, 6) is -1.82. The Balaban J connectivity index is 2.84. The van der Waals surface area contributed by atoms with Crippen LogP contribution in [0.15, 0.2) is 0 Å². The first-order valence-electron chi connectivity index (χ1n) is 5.69. The molecule has 3 N–H and O–H groups in total. The van der Waals surface area contributed by atoms with E-state index in [9.17, 15) is 19.7 Å². The molecule has 0 aliphatic carbocycles. The number of hydrogen-bond acceptors (Lipinski definition) is 5. The number of carboxylic acids is 1. The maximum atomic E-state index is 11.7. The lowest BCUT2D eigenvalue weighted by molar-refractivity contribution is -0.385. The van der Waals surface area contributed by atoms with Gasteiger partial charge in [-0.15, -0.1) is 0 Å². The topological polar surface area (TPSA) is 138 Å². The number of carbonyl (C=O) groups excluding carboxylic acids is 1. The van der Waals surface area contributed by atoms with Crippen molar-refractivity contribution in [1.82, 2.24) is 15.5 Å². The van der Waals surface area contributed by atoms with Gasteiger partial charge in [-0.25, -0.2) is 0 Å². The van der Waals surface area contributed by atoms with E-state index in [0.717, 1.165) is 0 Å². The second-order valence-electron chi connectivity index (χ2n) is 3.81. The highest BCUT2D eigenvalue weighted by atomic mass is 16.6. The van der Waals surface area contributed by atoms with Gasteiger partial charge in [0.05, 0.1) is 11.3 Å². The number of H-pyrrole nitrogens is 1. The summed E-state index contributed by atoms with van der Waals surface area (Å²) in [7, 11) is 0. The van der Waals surface area contributed by atoms with Crippen LogP contribution in [0.5, 0.6) is 0 Å². The van der Waals surface area contributed by atoms with Crippen LogP contribution in [-0.4, -0.2) is 38.6 Å². The number of carboxylic acid groups (broad SMARTS) is 1. The van der Waals surface area contributed by atoms with Crippen molar-refractivity contribution in [3.05, 3.63) is 21.5 Å². The molecular formula is C10H14N4O5. The summed E-state index contributed by atoms with van der Waals surface area (Å²) in [6.07, 6.45) is 0.820. The van der Waals surface area contributed by atoms with E-state index in [1.807, 2.05) is 6.92 Å². The summed E-state index contributed by atoms with van der Waals surface area (Å²) in [5, 5.41) is 27.7. The smallest absolute Gasteiger partial charge is 0.322 e. The zero-order chi connectivity index (χ0) is 14.4. The number of hydrogen-bond donors (Lipinski definition) is 3. The predicted octanol–water partition coefficient (Wildman–Crippen LogP) is 0.475. The molecule has 9 nitrogen and oxygen atoms in total. The Morgan fingerprint density at radius 1 is 1.53 bits per heavy atom. The van der Waals surface area contributed by atoms with Crippen LogP contribution < -0.4 is 5.32 Å². The lowest BCUT2D eigenvalue weighted by atomic mass is 10.2. The average Bonchev–Trinajstić information content (AvgIpc) is 2.72. The van der Waals surface area contributed by atoms with E-state index < -0.39 is 16.8 Å². The SMILES string of the molecule is CCCc1[nH]nc(C(=O)NCCC(=O)O)c1[N+](=O)[O-]. The molecule has 104 valence electrons. The van der Waals surface area contributed by atoms with Crippen molar-refractivity contribution in [2.45, 2.75) is 26.2 Å². The van der Waals surface area contributed by atoms with Crippen molar-refractivity contribution >= 4 is 17.6 Å². The highest BCUT2D eigenvalue weighted by Gasteiger charge is 2.28. The Kier molecular flexibility index (Phi) is 4.98. The largest absolute Gasteiger partial charge is 0.481 e. The molecule has 9 heteroatoms. The minimum absolute atomic E-state index is 0.110. The zero-order valence-electron chi connectivity index (χ0n) is 10.3. The molecule has 1 aromatic heterocycles. The highest BCUT2D eigenvalue weighted by Crippen LogP contribution is 2.22. The van der Waals surface area contributed by atoms with E-state index in [-0.39, 0.29) is 30.0 Å². The molecule has 1 aromatic rings. The lowest BCUT2D eigenvalue weighted by Gasteiger charge is -2.00. The summed E-state index contributed by atoms with van der Waals surface area (Å²) < 4.78 is 0. The molecule has 0 radical (unpaired) electrons. The molecule has 19 heavy (non-hydrogen) atoms. The van der Waals surface area contributed by atoms with E-state index in [1.54, 1.807) is 0 Å². The van der Waals surface area contributed by atoms with Gasteiger partial charge in [-0.1, -0.05) is 13.3 Å². The van der Waals surface area contributed by atoms with E-state index >= 15 is 0 Å². The Labute approximate surface area is 108 Å². The Morgan fingerprint density at radius 2 is 2.21 bits per heavy atom. The summed E-state index contributed by atoms with van der Waals surface area (Å²) in [6.45, 7) is 1.73. The van der Waals surface area contributed by atoms with Gasteiger partial charge in [-0.3, -0.25) is 24.8 Å². The first-order valence-corrected chi connectivity index (χ1v) is 5.69. The van der Waals surface area contributed by atoms with Crippen molar-refractivity contribution in [2.24, 2.45) is 0 Å². The third-order valence-electron chi connectivity index (χ3n) is 2.33. The number of amides is 1. The van der Waals surface area contributed by atoms with E-state index in [2.05, 4.69) is 15.5 Å². The van der Waals surface area contributed by atoms with Gasteiger partial charge >= 0.3 is 11.7 Å². The second-order valence-corrected chi connectivity index (χ2v) is 3.81. The van der Waals surface area contributed by atoms with Crippen molar-refractivity contribution < 1.29 is 19.6 Å². The van der Waals surface area contributed by atoms with E-state index in [0.29, 0.717) is 12.8 Å². The molecule has 0 saturated heterocycles. The van der Waals surface area contributed by atoms with Gasteiger partial charge in [0, 0.05) is 6.54 Å². The molecule has 0 aromatic carbocycles. The molecule has 0 unspecified atom stereocenters. The third kappa shape index (κ3) is 3.76. The number of rotatable bonds is 7. The zero-order valence-corrected chi connectivity index (χ0v) is 10.3. The Bertz CT molecular complexity index is 496. The number of aromatic nitrogens is 2. The molecular weight excluding hydrogens is 256 g/mol. The number of aromatic amines is 1. The normalized spacial score (nSPS) is 10.2. The summed E-state index contributed by atoms with van der Waals surface area (Å²) in [6, 6.07) is 0. The monoisotopic (exact) mass is 270 g/mol. The molecule has 0 fully saturated rings. The average molecular weight is 270 g/mol. The fourth-order valence-corrected chi connectivity index (χ4v) is 1.52. The molecule has 0 bridgehead atoms. The highest BCUT2D eigenvalue weighted by molar-refractivity contribution is 5.96.